The van der Waals surface area contributed by atoms with E-state index in [1.807, 2.05) is 12.1 Å². The van der Waals surface area contributed by atoms with Crippen molar-refractivity contribution in [2.75, 3.05) is 33.5 Å². The topological polar surface area (TPSA) is 49.0 Å². The molecule has 1 saturated heterocycles. The van der Waals surface area contributed by atoms with Crippen LogP contribution in [0.1, 0.15) is 18.4 Å². The number of fused-ring (bicyclic) bond motifs is 1. The van der Waals surface area contributed by atoms with Crippen molar-refractivity contribution in [1.29, 1.82) is 0 Å². The van der Waals surface area contributed by atoms with Gasteiger partial charge in [-0.25, -0.2) is 0 Å². The molecule has 0 bridgehead atoms. The number of methoxy groups -OCH3 is 1. The predicted molar refractivity (Wildman–Crippen MR) is 74.7 cm³/mol. The number of hydrogen-bond acceptors (Lipinski definition) is 5. The third kappa shape index (κ3) is 2.99. The smallest absolute Gasteiger partial charge is 0.203 e. The monoisotopic (exact) mass is 279 g/mol. The van der Waals surface area contributed by atoms with Crippen molar-refractivity contribution >= 4 is 0 Å². The minimum atomic E-state index is 0.433. The van der Waals surface area contributed by atoms with E-state index in [1.165, 1.54) is 6.42 Å². The molecule has 0 saturated carbocycles. The fourth-order valence-corrected chi connectivity index (χ4v) is 2.59. The Morgan fingerprint density at radius 2 is 2.15 bits per heavy atom. The van der Waals surface area contributed by atoms with Gasteiger partial charge in [-0.05, 0) is 30.5 Å². The van der Waals surface area contributed by atoms with Gasteiger partial charge in [0, 0.05) is 19.2 Å². The van der Waals surface area contributed by atoms with E-state index < -0.39 is 0 Å². The molecule has 0 spiro atoms. The first-order valence-electron chi connectivity index (χ1n) is 7.14. The quantitative estimate of drug-likeness (QED) is 0.909. The lowest BCUT2D eigenvalue weighted by Gasteiger charge is -2.24. The summed E-state index contributed by atoms with van der Waals surface area (Å²) in [7, 11) is 1.65. The number of nitrogens with one attached hydrogen (secondary N) is 1. The number of benzene rings is 1. The Morgan fingerprint density at radius 1 is 1.25 bits per heavy atom. The molecule has 5 heteroatoms. The normalized spacial score (nSPS) is 21.6. The number of ether oxygens (including phenoxy) is 4. The van der Waals surface area contributed by atoms with Gasteiger partial charge in [-0.3, -0.25) is 0 Å². The van der Waals surface area contributed by atoms with Crippen LogP contribution in [-0.4, -0.2) is 39.6 Å². The average Bonchev–Trinajstić information content (AvgIpc) is 2.53. The zero-order valence-corrected chi connectivity index (χ0v) is 11.8. The van der Waals surface area contributed by atoms with Crippen LogP contribution < -0.4 is 19.5 Å². The summed E-state index contributed by atoms with van der Waals surface area (Å²) in [5.74, 6) is 2.22. The van der Waals surface area contributed by atoms with E-state index >= 15 is 0 Å². The fourth-order valence-electron chi connectivity index (χ4n) is 2.59. The van der Waals surface area contributed by atoms with Crippen molar-refractivity contribution in [3.63, 3.8) is 0 Å². The second-order valence-corrected chi connectivity index (χ2v) is 5.12. The van der Waals surface area contributed by atoms with Gasteiger partial charge in [-0.1, -0.05) is 0 Å². The highest BCUT2D eigenvalue weighted by atomic mass is 16.6. The Hall–Kier alpha value is -1.46. The van der Waals surface area contributed by atoms with Crippen molar-refractivity contribution < 1.29 is 18.9 Å². The Labute approximate surface area is 119 Å². The Morgan fingerprint density at radius 3 is 2.95 bits per heavy atom. The van der Waals surface area contributed by atoms with E-state index in [4.69, 9.17) is 18.9 Å². The molecule has 5 nitrogen and oxygen atoms in total. The second kappa shape index (κ2) is 6.33. The summed E-state index contributed by atoms with van der Waals surface area (Å²) in [5, 5.41) is 3.52. The molecule has 20 heavy (non-hydrogen) atoms. The molecule has 0 radical (unpaired) electrons. The van der Waals surface area contributed by atoms with E-state index in [2.05, 4.69) is 5.32 Å². The Bertz CT molecular complexity index is 440. The zero-order chi connectivity index (χ0) is 13.8. The lowest BCUT2D eigenvalue weighted by atomic mass is 10.1. The SMILES string of the molecule is COc1cc(CN[C@H]2CCCOC2)cc2c1OCCO2. The summed E-state index contributed by atoms with van der Waals surface area (Å²) in [6.07, 6.45) is 2.30. The van der Waals surface area contributed by atoms with Crippen LogP contribution in [-0.2, 0) is 11.3 Å². The van der Waals surface area contributed by atoms with Crippen LogP contribution in [0.25, 0.3) is 0 Å². The van der Waals surface area contributed by atoms with E-state index in [0.29, 0.717) is 25.0 Å². The molecular formula is C15H21NO4. The van der Waals surface area contributed by atoms with Gasteiger partial charge in [-0.2, -0.15) is 0 Å². The Kier molecular flexibility index (Phi) is 4.28. The second-order valence-electron chi connectivity index (χ2n) is 5.12. The molecule has 1 N–H and O–H groups in total. The number of rotatable bonds is 4. The highest BCUT2D eigenvalue weighted by molar-refractivity contribution is 5.54. The molecule has 110 valence electrons. The lowest BCUT2D eigenvalue weighted by molar-refractivity contribution is 0.0699. The van der Waals surface area contributed by atoms with Crippen LogP contribution in [0.2, 0.25) is 0 Å². The van der Waals surface area contributed by atoms with Crippen LogP contribution in [0.3, 0.4) is 0 Å². The highest BCUT2D eigenvalue weighted by Gasteiger charge is 2.19. The van der Waals surface area contributed by atoms with Crippen molar-refractivity contribution in [3.8, 4) is 17.2 Å². The van der Waals surface area contributed by atoms with Crippen molar-refractivity contribution in [2.45, 2.75) is 25.4 Å². The van der Waals surface area contributed by atoms with Crippen LogP contribution in [0.15, 0.2) is 12.1 Å². The highest BCUT2D eigenvalue weighted by Crippen LogP contribution is 2.40. The van der Waals surface area contributed by atoms with Gasteiger partial charge in [0.15, 0.2) is 11.5 Å². The molecule has 2 aliphatic rings. The van der Waals surface area contributed by atoms with Crippen LogP contribution >= 0.6 is 0 Å². The first-order valence-corrected chi connectivity index (χ1v) is 7.14. The van der Waals surface area contributed by atoms with Gasteiger partial charge < -0.3 is 24.3 Å². The Balaban J connectivity index is 1.69. The molecule has 3 rings (SSSR count). The summed E-state index contributed by atoms with van der Waals surface area (Å²) < 4.78 is 22.1. The van der Waals surface area contributed by atoms with E-state index in [1.54, 1.807) is 7.11 Å². The third-order valence-corrected chi connectivity index (χ3v) is 3.64. The third-order valence-electron chi connectivity index (χ3n) is 3.64. The van der Waals surface area contributed by atoms with Gasteiger partial charge in [0.05, 0.1) is 13.7 Å². The summed E-state index contributed by atoms with van der Waals surface area (Å²) in [6.45, 7) is 3.61. The minimum absolute atomic E-state index is 0.433. The molecule has 0 aromatic heterocycles. The van der Waals surface area contributed by atoms with Gasteiger partial charge in [0.2, 0.25) is 5.75 Å². The lowest BCUT2D eigenvalue weighted by Crippen LogP contribution is -2.36. The van der Waals surface area contributed by atoms with E-state index in [-0.39, 0.29) is 0 Å². The fraction of sp³-hybridized carbons (Fsp3) is 0.600. The number of hydrogen-bond donors (Lipinski definition) is 1. The maximum absolute atomic E-state index is 5.64. The molecule has 2 aliphatic heterocycles. The average molecular weight is 279 g/mol. The van der Waals surface area contributed by atoms with Gasteiger partial charge in [0.1, 0.15) is 13.2 Å². The molecule has 0 amide bonds. The van der Waals surface area contributed by atoms with E-state index in [0.717, 1.165) is 43.2 Å². The van der Waals surface area contributed by atoms with Gasteiger partial charge in [-0.15, -0.1) is 0 Å². The zero-order valence-electron chi connectivity index (χ0n) is 11.8. The largest absolute Gasteiger partial charge is 0.493 e. The van der Waals surface area contributed by atoms with Crippen LogP contribution in [0.5, 0.6) is 17.2 Å². The molecule has 1 atom stereocenters. The first-order chi connectivity index (χ1) is 9.86. The molecule has 1 aromatic rings. The molecule has 1 aromatic carbocycles. The van der Waals surface area contributed by atoms with Crippen molar-refractivity contribution in [3.05, 3.63) is 17.7 Å². The van der Waals surface area contributed by atoms with Gasteiger partial charge >= 0.3 is 0 Å². The summed E-state index contributed by atoms with van der Waals surface area (Å²) >= 11 is 0. The van der Waals surface area contributed by atoms with E-state index in [9.17, 15) is 0 Å². The summed E-state index contributed by atoms with van der Waals surface area (Å²) in [4.78, 5) is 0. The van der Waals surface area contributed by atoms with Crippen LogP contribution in [0, 0.1) is 0 Å². The van der Waals surface area contributed by atoms with Gasteiger partial charge in [0.25, 0.3) is 0 Å². The standard InChI is InChI=1S/C15H21NO4/c1-17-13-7-11(8-14-15(13)20-6-5-19-14)9-16-12-3-2-4-18-10-12/h7-8,12,16H,2-6,9-10H2,1H3/t12-/m0/s1. The minimum Gasteiger partial charge on any atom is -0.493 e. The molecule has 0 aliphatic carbocycles. The van der Waals surface area contributed by atoms with Crippen molar-refractivity contribution in [1.82, 2.24) is 5.32 Å². The molecule has 2 heterocycles. The van der Waals surface area contributed by atoms with Crippen LogP contribution in [0.4, 0.5) is 0 Å². The molecule has 0 unspecified atom stereocenters. The summed E-state index contributed by atoms with van der Waals surface area (Å²) in [5.41, 5.74) is 1.14. The predicted octanol–water partition coefficient (Wildman–Crippen LogP) is 1.73. The molecule has 1 fully saturated rings. The van der Waals surface area contributed by atoms with Crippen molar-refractivity contribution in [2.24, 2.45) is 0 Å². The first kappa shape index (κ1) is 13.5. The maximum Gasteiger partial charge on any atom is 0.203 e. The summed E-state index contributed by atoms with van der Waals surface area (Å²) in [6, 6.07) is 4.46. The maximum atomic E-state index is 5.64. The molecular weight excluding hydrogens is 258 g/mol.